The van der Waals surface area contributed by atoms with E-state index in [2.05, 4.69) is 10.4 Å². The summed E-state index contributed by atoms with van der Waals surface area (Å²) in [6.45, 7) is 0.426. The zero-order chi connectivity index (χ0) is 19.7. The van der Waals surface area contributed by atoms with Gasteiger partial charge in [0.25, 0.3) is 5.78 Å². The molecule has 3 aromatic rings. The zero-order valence-corrected chi connectivity index (χ0v) is 15.1. The third-order valence-electron chi connectivity index (χ3n) is 5.07. The maximum atomic E-state index is 12.8. The van der Waals surface area contributed by atoms with Gasteiger partial charge in [0.1, 0.15) is 11.6 Å². The lowest BCUT2D eigenvalue weighted by Gasteiger charge is -2.24. The number of carboxylic acids is 1. The van der Waals surface area contributed by atoms with Crippen molar-refractivity contribution in [2.75, 3.05) is 0 Å². The van der Waals surface area contributed by atoms with Crippen molar-refractivity contribution in [3.8, 4) is 0 Å². The van der Waals surface area contributed by atoms with Gasteiger partial charge < -0.3 is 10.4 Å². The molecule has 0 bridgehead atoms. The quantitative estimate of drug-likeness (QED) is 0.525. The van der Waals surface area contributed by atoms with Gasteiger partial charge in [0.05, 0.1) is 5.56 Å². The molecule has 1 amide bonds. The average molecular weight is 377 g/mol. The number of carbonyl (C=O) groups is 3. The predicted molar refractivity (Wildman–Crippen MR) is 102 cm³/mol. The maximum Gasteiger partial charge on any atom is 0.377 e. The molecule has 0 radical (unpaired) electrons. The van der Waals surface area contributed by atoms with Crippen LogP contribution < -0.4 is 5.32 Å². The van der Waals surface area contributed by atoms with E-state index in [0.717, 1.165) is 29.5 Å². The van der Waals surface area contributed by atoms with E-state index in [4.69, 9.17) is 5.11 Å². The highest BCUT2D eigenvalue weighted by Crippen LogP contribution is 2.32. The minimum Gasteiger partial charge on any atom is -0.475 e. The van der Waals surface area contributed by atoms with E-state index in [0.29, 0.717) is 18.5 Å². The molecule has 0 aliphatic carbocycles. The molecule has 0 saturated heterocycles. The topological polar surface area (TPSA) is 101 Å². The molecular weight excluding hydrogens is 358 g/mol. The number of aromatic nitrogens is 2. The molecule has 1 aliphatic heterocycles. The first-order chi connectivity index (χ1) is 13.6. The van der Waals surface area contributed by atoms with Crippen LogP contribution in [0.2, 0.25) is 0 Å². The Hall–Kier alpha value is -3.48. The highest BCUT2D eigenvalue weighted by molar-refractivity contribution is 6.42. The molecule has 2 aromatic carbocycles. The molecule has 1 atom stereocenters. The number of nitrogens with zero attached hydrogens (tertiary/aromatic N) is 2. The van der Waals surface area contributed by atoms with Gasteiger partial charge >= 0.3 is 5.97 Å². The van der Waals surface area contributed by atoms with Crippen LogP contribution in [0.3, 0.4) is 0 Å². The number of hydrogen-bond donors (Lipinski definition) is 2. The van der Waals surface area contributed by atoms with Gasteiger partial charge in [-0.05, 0) is 30.9 Å². The Morgan fingerprint density at radius 1 is 1.11 bits per heavy atom. The number of amides is 1. The van der Waals surface area contributed by atoms with Gasteiger partial charge in [0, 0.05) is 17.6 Å². The first kappa shape index (κ1) is 17.9. The van der Waals surface area contributed by atoms with Gasteiger partial charge in [-0.1, -0.05) is 42.5 Å². The molecule has 0 spiro atoms. The zero-order valence-electron chi connectivity index (χ0n) is 15.1. The number of aliphatic carboxylic acids is 1. The second-order valence-corrected chi connectivity index (χ2v) is 6.84. The van der Waals surface area contributed by atoms with E-state index in [1.165, 1.54) is 6.07 Å². The smallest absolute Gasteiger partial charge is 0.377 e. The van der Waals surface area contributed by atoms with Crippen LogP contribution in [0.4, 0.5) is 0 Å². The van der Waals surface area contributed by atoms with Crippen LogP contribution in [0.25, 0.3) is 10.9 Å². The summed E-state index contributed by atoms with van der Waals surface area (Å²) in [5, 5.41) is 17.2. The van der Waals surface area contributed by atoms with E-state index in [1.807, 2.05) is 36.4 Å². The Balaban J connectivity index is 1.66. The van der Waals surface area contributed by atoms with Crippen LogP contribution in [0.1, 0.15) is 40.5 Å². The number of hydrogen-bond acceptors (Lipinski definition) is 4. The molecule has 28 heavy (non-hydrogen) atoms. The second-order valence-electron chi connectivity index (χ2n) is 6.84. The monoisotopic (exact) mass is 377 g/mol. The van der Waals surface area contributed by atoms with Crippen molar-refractivity contribution in [2.24, 2.45) is 0 Å². The van der Waals surface area contributed by atoms with Crippen LogP contribution in [0, 0.1) is 0 Å². The summed E-state index contributed by atoms with van der Waals surface area (Å²) in [5.74, 6) is -2.65. The highest BCUT2D eigenvalue weighted by atomic mass is 16.4. The summed E-state index contributed by atoms with van der Waals surface area (Å²) < 4.78 is 1.66. The number of benzene rings is 2. The van der Waals surface area contributed by atoms with Gasteiger partial charge in [-0.15, -0.1) is 0 Å². The molecule has 2 heterocycles. The van der Waals surface area contributed by atoms with Gasteiger partial charge in [-0.2, -0.15) is 5.10 Å². The summed E-state index contributed by atoms with van der Waals surface area (Å²) >= 11 is 0. The third kappa shape index (κ3) is 3.15. The van der Waals surface area contributed by atoms with Gasteiger partial charge in [0.2, 0.25) is 5.91 Å². The van der Waals surface area contributed by atoms with Crippen molar-refractivity contribution in [3.05, 3.63) is 65.4 Å². The largest absolute Gasteiger partial charge is 0.475 e. The fourth-order valence-corrected chi connectivity index (χ4v) is 3.71. The molecular formula is C21H19N3O4. The van der Waals surface area contributed by atoms with Crippen molar-refractivity contribution < 1.29 is 19.5 Å². The second kappa shape index (κ2) is 7.26. The average Bonchev–Trinajstić information content (AvgIpc) is 3.11. The molecule has 0 saturated carbocycles. The number of carbonyl (C=O) groups excluding carboxylic acids is 2. The number of rotatable bonds is 5. The molecule has 142 valence electrons. The Morgan fingerprint density at radius 3 is 2.64 bits per heavy atom. The van der Waals surface area contributed by atoms with Crippen LogP contribution in [-0.2, 0) is 22.6 Å². The number of aryl methyl sites for hydroxylation is 1. The van der Waals surface area contributed by atoms with Crippen molar-refractivity contribution in [1.82, 2.24) is 15.1 Å². The number of carboxylic acid groups (broad SMARTS) is 1. The third-order valence-corrected chi connectivity index (χ3v) is 5.07. The van der Waals surface area contributed by atoms with Gasteiger partial charge in [-0.3, -0.25) is 14.3 Å². The van der Waals surface area contributed by atoms with Gasteiger partial charge in [-0.25, -0.2) is 4.79 Å². The molecule has 2 N–H and O–H groups in total. The SMILES string of the molecule is O=C(O)C(=O)c1cccc2c3n(nc12)C(C(=O)NCc1ccccc1)CCC3. The van der Waals surface area contributed by atoms with Crippen molar-refractivity contribution in [1.29, 1.82) is 0 Å². The predicted octanol–water partition coefficient (Wildman–Crippen LogP) is 2.50. The Kier molecular flexibility index (Phi) is 4.65. The molecule has 1 aliphatic rings. The number of fused-ring (bicyclic) bond motifs is 3. The molecule has 4 rings (SSSR count). The van der Waals surface area contributed by atoms with Gasteiger partial charge in [0.15, 0.2) is 0 Å². The Bertz CT molecular complexity index is 1070. The minimum absolute atomic E-state index is 0.0512. The van der Waals surface area contributed by atoms with Crippen LogP contribution in [0.15, 0.2) is 48.5 Å². The van der Waals surface area contributed by atoms with E-state index >= 15 is 0 Å². The number of Topliss-reactive ketones (excluding diaryl/α,β-unsaturated/α-hetero) is 1. The Labute approximate surface area is 161 Å². The Morgan fingerprint density at radius 2 is 1.89 bits per heavy atom. The molecule has 1 unspecified atom stereocenters. The summed E-state index contributed by atoms with van der Waals surface area (Å²) in [7, 11) is 0. The summed E-state index contributed by atoms with van der Waals surface area (Å²) in [4.78, 5) is 36.0. The summed E-state index contributed by atoms with van der Waals surface area (Å²) in [6, 6.07) is 14.1. The molecule has 1 aromatic heterocycles. The minimum atomic E-state index is -1.52. The van der Waals surface area contributed by atoms with E-state index in [9.17, 15) is 14.4 Å². The molecule has 0 fully saturated rings. The van der Waals surface area contributed by atoms with E-state index < -0.39 is 17.8 Å². The van der Waals surface area contributed by atoms with E-state index in [-0.39, 0.29) is 11.5 Å². The van der Waals surface area contributed by atoms with Crippen LogP contribution >= 0.6 is 0 Å². The number of ketones is 1. The van der Waals surface area contributed by atoms with Crippen molar-refractivity contribution in [2.45, 2.75) is 31.8 Å². The fourth-order valence-electron chi connectivity index (χ4n) is 3.71. The summed E-state index contributed by atoms with van der Waals surface area (Å²) in [6.07, 6.45) is 2.19. The van der Waals surface area contributed by atoms with Crippen LogP contribution in [-0.4, -0.2) is 32.5 Å². The highest BCUT2D eigenvalue weighted by Gasteiger charge is 2.30. The number of nitrogens with one attached hydrogen (secondary N) is 1. The summed E-state index contributed by atoms with van der Waals surface area (Å²) in [5.41, 5.74) is 2.26. The lowest BCUT2D eigenvalue weighted by molar-refractivity contribution is -0.131. The standard InChI is InChI=1S/C21H19N3O4/c25-19(21(27)28)15-9-4-8-14-16-10-5-11-17(24(16)23-18(14)15)20(26)22-12-13-6-2-1-3-7-13/h1-4,6-9,17H,5,10-12H2,(H,22,26)(H,27,28). The van der Waals surface area contributed by atoms with Crippen molar-refractivity contribution >= 4 is 28.6 Å². The van der Waals surface area contributed by atoms with Crippen LogP contribution in [0.5, 0.6) is 0 Å². The lowest BCUT2D eigenvalue weighted by Crippen LogP contribution is -2.35. The molecule has 7 heteroatoms. The van der Waals surface area contributed by atoms with E-state index in [1.54, 1.807) is 10.7 Å². The first-order valence-electron chi connectivity index (χ1n) is 9.15. The van der Waals surface area contributed by atoms with Crippen molar-refractivity contribution in [3.63, 3.8) is 0 Å². The molecule has 7 nitrogen and oxygen atoms in total. The normalized spacial score (nSPS) is 15.8. The first-order valence-corrected chi connectivity index (χ1v) is 9.15. The fraction of sp³-hybridized carbons (Fsp3) is 0.238. The lowest BCUT2D eigenvalue weighted by atomic mass is 9.99. The maximum absolute atomic E-state index is 12.8.